The largest absolute Gasteiger partial charge is 0.481 e. The van der Waals surface area contributed by atoms with E-state index in [-0.39, 0.29) is 5.91 Å². The lowest BCUT2D eigenvalue weighted by molar-refractivity contribution is 0.101. The summed E-state index contributed by atoms with van der Waals surface area (Å²) in [5.74, 6) is 0.390. The Balaban J connectivity index is 1.79. The molecule has 0 aliphatic rings. The molecule has 0 saturated carbocycles. The molecule has 0 aliphatic heterocycles. The van der Waals surface area contributed by atoms with Gasteiger partial charge in [-0.2, -0.15) is 0 Å². The number of nitrogens with one attached hydrogen (secondary N) is 1. The molecule has 2 aromatic heterocycles. The number of carbonyl (C=O) groups is 1. The monoisotopic (exact) mass is 348 g/mol. The molecular formula is C20H20N4O2. The normalized spacial score (nSPS) is 10.9. The third kappa shape index (κ3) is 3.80. The predicted molar refractivity (Wildman–Crippen MR) is 102 cm³/mol. The number of amides is 1. The molecule has 0 fully saturated rings. The molecule has 1 aromatic carbocycles. The van der Waals surface area contributed by atoms with Crippen LogP contribution in [0.5, 0.6) is 5.88 Å². The maximum Gasteiger partial charge on any atom is 0.270 e. The lowest BCUT2D eigenvalue weighted by atomic mass is 10.2. The number of methoxy groups -OCH3 is 1. The maximum atomic E-state index is 12.4. The molecule has 0 saturated heterocycles. The first kappa shape index (κ1) is 17.4. The number of aryl methyl sites for hydroxylation is 1. The zero-order valence-corrected chi connectivity index (χ0v) is 14.9. The second kappa shape index (κ2) is 7.65. The Morgan fingerprint density at radius 1 is 1.19 bits per heavy atom. The minimum absolute atomic E-state index is 0.157. The van der Waals surface area contributed by atoms with E-state index in [1.807, 2.05) is 44.2 Å². The molecule has 0 radical (unpaired) electrons. The van der Waals surface area contributed by atoms with Crippen LogP contribution in [0.25, 0.3) is 0 Å². The van der Waals surface area contributed by atoms with Crippen LogP contribution >= 0.6 is 0 Å². The molecular weight excluding hydrogens is 328 g/mol. The van der Waals surface area contributed by atoms with Crippen LogP contribution in [0.3, 0.4) is 0 Å². The number of aromatic nitrogens is 2. The summed E-state index contributed by atoms with van der Waals surface area (Å²) >= 11 is 0. The van der Waals surface area contributed by atoms with Crippen molar-refractivity contribution in [1.29, 1.82) is 0 Å². The number of hydrogen-bond donors (Lipinski definition) is 1. The van der Waals surface area contributed by atoms with Gasteiger partial charge in [-0.05, 0) is 38.1 Å². The Morgan fingerprint density at radius 2 is 1.96 bits per heavy atom. The van der Waals surface area contributed by atoms with Crippen molar-refractivity contribution in [1.82, 2.24) is 9.66 Å². The highest BCUT2D eigenvalue weighted by Crippen LogP contribution is 2.16. The zero-order chi connectivity index (χ0) is 18.5. The summed E-state index contributed by atoms with van der Waals surface area (Å²) in [5, 5.41) is 0. The molecule has 3 aromatic rings. The Morgan fingerprint density at radius 3 is 2.62 bits per heavy atom. The van der Waals surface area contributed by atoms with E-state index in [1.165, 1.54) is 0 Å². The Labute approximate surface area is 152 Å². The molecule has 3 rings (SSSR count). The molecule has 1 amide bonds. The molecule has 0 unspecified atom stereocenters. The van der Waals surface area contributed by atoms with Gasteiger partial charge in [0.25, 0.3) is 5.91 Å². The average molecular weight is 348 g/mol. The summed E-state index contributed by atoms with van der Waals surface area (Å²) in [6, 6.07) is 14.7. The number of carbonyl (C=O) groups excluding carboxylic acids is 1. The van der Waals surface area contributed by atoms with Gasteiger partial charge in [0.2, 0.25) is 5.88 Å². The SMILES string of the molecule is COc1ccc(N=Cc2cc(C)n(NC(=O)c3ccccc3)c2C)cn1. The van der Waals surface area contributed by atoms with Gasteiger partial charge in [0.05, 0.1) is 19.0 Å². The van der Waals surface area contributed by atoms with Crippen molar-refractivity contribution in [3.8, 4) is 5.88 Å². The summed E-state index contributed by atoms with van der Waals surface area (Å²) < 4.78 is 6.80. The second-order valence-corrected chi connectivity index (χ2v) is 5.79. The standard InChI is InChI=1S/C20H20N4O2/c1-14-11-17(12-21-18-9-10-19(26-3)22-13-18)15(2)24(14)23-20(25)16-7-5-4-6-8-16/h4-13H,1-3H3,(H,23,25). The molecule has 26 heavy (non-hydrogen) atoms. The molecule has 0 spiro atoms. The lowest BCUT2D eigenvalue weighted by Crippen LogP contribution is -2.24. The van der Waals surface area contributed by atoms with Crippen LogP contribution < -0.4 is 10.2 Å². The summed E-state index contributed by atoms with van der Waals surface area (Å²) in [6.45, 7) is 3.87. The van der Waals surface area contributed by atoms with Gasteiger partial charge in [-0.15, -0.1) is 0 Å². The van der Waals surface area contributed by atoms with Crippen molar-refractivity contribution in [3.05, 3.63) is 77.2 Å². The number of benzene rings is 1. The third-order valence-corrected chi connectivity index (χ3v) is 4.00. The Hall–Kier alpha value is -3.41. The van der Waals surface area contributed by atoms with Gasteiger partial charge in [-0.1, -0.05) is 18.2 Å². The summed E-state index contributed by atoms with van der Waals surface area (Å²) in [5.41, 5.74) is 6.99. The first-order valence-corrected chi connectivity index (χ1v) is 8.18. The fraction of sp³-hybridized carbons (Fsp3) is 0.150. The number of nitrogens with zero attached hydrogens (tertiary/aromatic N) is 3. The summed E-state index contributed by atoms with van der Waals surface area (Å²) in [7, 11) is 1.57. The van der Waals surface area contributed by atoms with E-state index < -0.39 is 0 Å². The van der Waals surface area contributed by atoms with Crippen molar-refractivity contribution in [3.63, 3.8) is 0 Å². The minimum atomic E-state index is -0.157. The van der Waals surface area contributed by atoms with Crippen molar-refractivity contribution >= 4 is 17.8 Å². The van der Waals surface area contributed by atoms with Gasteiger partial charge in [-0.3, -0.25) is 19.9 Å². The number of hydrogen-bond acceptors (Lipinski definition) is 4. The first-order chi connectivity index (χ1) is 12.6. The van der Waals surface area contributed by atoms with Crippen LogP contribution in [0, 0.1) is 13.8 Å². The van der Waals surface area contributed by atoms with Gasteiger partial charge >= 0.3 is 0 Å². The van der Waals surface area contributed by atoms with E-state index in [4.69, 9.17) is 4.74 Å². The second-order valence-electron chi connectivity index (χ2n) is 5.79. The molecule has 132 valence electrons. The zero-order valence-electron chi connectivity index (χ0n) is 14.9. The van der Waals surface area contributed by atoms with Gasteiger partial charge in [0.1, 0.15) is 0 Å². The number of ether oxygens (including phenoxy) is 1. The highest BCUT2D eigenvalue weighted by atomic mass is 16.5. The van der Waals surface area contributed by atoms with E-state index in [9.17, 15) is 4.79 Å². The quantitative estimate of drug-likeness (QED) is 0.716. The number of pyridine rings is 1. The fourth-order valence-corrected chi connectivity index (χ4v) is 2.56. The minimum Gasteiger partial charge on any atom is -0.481 e. The molecule has 6 heteroatoms. The topological polar surface area (TPSA) is 68.5 Å². The van der Waals surface area contributed by atoms with E-state index in [1.54, 1.807) is 42.4 Å². The molecule has 0 aliphatic carbocycles. The van der Waals surface area contributed by atoms with Crippen LogP contribution in [0.15, 0.2) is 59.7 Å². The summed E-state index contributed by atoms with van der Waals surface area (Å²) in [6.07, 6.45) is 3.41. The fourth-order valence-electron chi connectivity index (χ4n) is 2.56. The molecule has 1 N–H and O–H groups in total. The van der Waals surface area contributed by atoms with Crippen LogP contribution in [-0.2, 0) is 0 Å². The molecule has 0 bridgehead atoms. The highest BCUT2D eigenvalue weighted by molar-refractivity contribution is 6.00. The van der Waals surface area contributed by atoms with Crippen molar-refractivity contribution in [2.24, 2.45) is 4.99 Å². The Kier molecular flexibility index (Phi) is 5.12. The maximum absolute atomic E-state index is 12.4. The summed E-state index contributed by atoms with van der Waals surface area (Å²) in [4.78, 5) is 20.9. The van der Waals surface area contributed by atoms with E-state index in [0.717, 1.165) is 22.6 Å². The lowest BCUT2D eigenvalue weighted by Gasteiger charge is -2.11. The number of aliphatic imine (C=N–C) groups is 1. The van der Waals surface area contributed by atoms with Crippen molar-refractivity contribution < 1.29 is 9.53 Å². The van der Waals surface area contributed by atoms with Gasteiger partial charge in [0.15, 0.2) is 0 Å². The first-order valence-electron chi connectivity index (χ1n) is 8.18. The van der Waals surface area contributed by atoms with Gasteiger partial charge < -0.3 is 4.74 Å². The number of rotatable bonds is 5. The molecule has 2 heterocycles. The van der Waals surface area contributed by atoms with E-state index in [2.05, 4.69) is 15.4 Å². The molecule has 6 nitrogen and oxygen atoms in total. The smallest absolute Gasteiger partial charge is 0.270 e. The third-order valence-electron chi connectivity index (χ3n) is 4.00. The van der Waals surface area contributed by atoms with E-state index >= 15 is 0 Å². The van der Waals surface area contributed by atoms with Crippen LogP contribution in [0.4, 0.5) is 5.69 Å². The van der Waals surface area contributed by atoms with Crippen LogP contribution in [-0.4, -0.2) is 28.9 Å². The van der Waals surface area contributed by atoms with E-state index in [0.29, 0.717) is 11.4 Å². The van der Waals surface area contributed by atoms with Crippen LogP contribution in [0.2, 0.25) is 0 Å². The van der Waals surface area contributed by atoms with Gasteiger partial charge in [0, 0.05) is 34.8 Å². The van der Waals surface area contributed by atoms with Crippen molar-refractivity contribution in [2.75, 3.05) is 12.5 Å². The molecule has 0 atom stereocenters. The van der Waals surface area contributed by atoms with Gasteiger partial charge in [-0.25, -0.2) is 4.98 Å². The van der Waals surface area contributed by atoms with Crippen molar-refractivity contribution in [2.45, 2.75) is 13.8 Å². The van der Waals surface area contributed by atoms with Crippen LogP contribution in [0.1, 0.15) is 27.3 Å². The average Bonchev–Trinajstić information content (AvgIpc) is 2.95. The highest BCUT2D eigenvalue weighted by Gasteiger charge is 2.11. The predicted octanol–water partition coefficient (Wildman–Crippen LogP) is 3.64. The Bertz CT molecular complexity index is 928.